The predicted molar refractivity (Wildman–Crippen MR) is 90.5 cm³/mol. The van der Waals surface area contributed by atoms with Crippen molar-refractivity contribution in [3.8, 4) is 0 Å². The number of fused-ring (bicyclic) bond motifs is 1. The van der Waals surface area contributed by atoms with E-state index in [1.54, 1.807) is 18.8 Å². The first-order valence-electron chi connectivity index (χ1n) is 7.08. The van der Waals surface area contributed by atoms with Crippen molar-refractivity contribution in [2.24, 2.45) is 7.05 Å². The van der Waals surface area contributed by atoms with Crippen LogP contribution < -0.4 is 10.9 Å². The lowest BCUT2D eigenvalue weighted by atomic mass is 10.1. The van der Waals surface area contributed by atoms with Crippen LogP contribution in [0.15, 0.2) is 35.1 Å². The first kappa shape index (κ1) is 16.6. The SMILES string of the molecule is CSCC[C@H](CO)NC(=O)c1cc(=O)n(C)c2ccccc12. The minimum absolute atomic E-state index is 0.116. The number of aryl methyl sites for hydroxylation is 1. The van der Waals surface area contributed by atoms with Gasteiger partial charge in [0.05, 0.1) is 23.7 Å². The van der Waals surface area contributed by atoms with Crippen molar-refractivity contribution in [1.82, 2.24) is 9.88 Å². The molecule has 1 amide bonds. The quantitative estimate of drug-likeness (QED) is 0.843. The van der Waals surface area contributed by atoms with Crippen LogP contribution in [0.3, 0.4) is 0 Å². The number of aliphatic hydroxyl groups excluding tert-OH is 1. The molecule has 0 aliphatic heterocycles. The fraction of sp³-hybridized carbons (Fsp3) is 0.375. The molecule has 118 valence electrons. The zero-order chi connectivity index (χ0) is 16.1. The van der Waals surface area contributed by atoms with Crippen molar-refractivity contribution >= 4 is 28.6 Å². The Morgan fingerprint density at radius 1 is 1.41 bits per heavy atom. The van der Waals surface area contributed by atoms with Crippen LogP contribution in [0.4, 0.5) is 0 Å². The van der Waals surface area contributed by atoms with Gasteiger partial charge in [-0.25, -0.2) is 0 Å². The molecule has 22 heavy (non-hydrogen) atoms. The number of nitrogens with one attached hydrogen (secondary N) is 1. The monoisotopic (exact) mass is 320 g/mol. The van der Waals surface area contributed by atoms with Crippen LogP contribution in [0.1, 0.15) is 16.8 Å². The summed E-state index contributed by atoms with van der Waals surface area (Å²) in [5, 5.41) is 12.9. The number of rotatable bonds is 6. The molecule has 2 rings (SSSR count). The number of carbonyl (C=O) groups is 1. The zero-order valence-corrected chi connectivity index (χ0v) is 13.5. The number of aromatic nitrogens is 1. The Hall–Kier alpha value is -1.79. The Balaban J connectivity index is 2.36. The average Bonchev–Trinajstić information content (AvgIpc) is 2.54. The van der Waals surface area contributed by atoms with Gasteiger partial charge in [-0.05, 0) is 24.5 Å². The second-order valence-corrected chi connectivity index (χ2v) is 6.09. The Morgan fingerprint density at radius 2 is 2.14 bits per heavy atom. The molecular formula is C16H20N2O3S. The van der Waals surface area contributed by atoms with Crippen LogP contribution in [0, 0.1) is 0 Å². The van der Waals surface area contributed by atoms with E-state index in [2.05, 4.69) is 5.32 Å². The third kappa shape index (κ3) is 3.51. The first-order chi connectivity index (χ1) is 10.6. The van der Waals surface area contributed by atoms with E-state index in [0.717, 1.165) is 11.1 Å². The van der Waals surface area contributed by atoms with Crippen molar-refractivity contribution in [2.75, 3.05) is 18.6 Å². The minimum Gasteiger partial charge on any atom is -0.394 e. The molecule has 1 aromatic carbocycles. The topological polar surface area (TPSA) is 71.3 Å². The molecule has 0 bridgehead atoms. The van der Waals surface area contributed by atoms with Crippen molar-refractivity contribution in [3.63, 3.8) is 0 Å². The van der Waals surface area contributed by atoms with E-state index in [0.29, 0.717) is 17.5 Å². The second kappa shape index (κ2) is 7.47. The molecule has 0 unspecified atom stereocenters. The van der Waals surface area contributed by atoms with Crippen molar-refractivity contribution < 1.29 is 9.90 Å². The molecule has 6 heteroatoms. The highest BCUT2D eigenvalue weighted by atomic mass is 32.2. The number of benzene rings is 1. The summed E-state index contributed by atoms with van der Waals surface area (Å²) in [5.41, 5.74) is 0.833. The third-order valence-corrected chi connectivity index (χ3v) is 4.27. The Bertz CT molecular complexity index is 727. The summed E-state index contributed by atoms with van der Waals surface area (Å²) in [6, 6.07) is 8.34. The summed E-state index contributed by atoms with van der Waals surface area (Å²) in [4.78, 5) is 24.5. The highest BCUT2D eigenvalue weighted by Crippen LogP contribution is 2.16. The van der Waals surface area contributed by atoms with Crippen molar-refractivity contribution in [2.45, 2.75) is 12.5 Å². The third-order valence-electron chi connectivity index (χ3n) is 3.62. The zero-order valence-electron chi connectivity index (χ0n) is 12.7. The number of pyridine rings is 1. The number of nitrogens with zero attached hydrogens (tertiary/aromatic N) is 1. The largest absolute Gasteiger partial charge is 0.394 e. The maximum atomic E-state index is 12.5. The molecule has 0 spiro atoms. The number of hydrogen-bond acceptors (Lipinski definition) is 4. The molecular weight excluding hydrogens is 300 g/mol. The molecule has 0 aliphatic carbocycles. The molecule has 0 radical (unpaired) electrons. The maximum absolute atomic E-state index is 12.5. The fourth-order valence-electron chi connectivity index (χ4n) is 2.33. The number of aliphatic hydroxyl groups is 1. The van der Waals surface area contributed by atoms with Crippen LogP contribution in [-0.2, 0) is 7.05 Å². The molecule has 1 aromatic heterocycles. The average molecular weight is 320 g/mol. The van der Waals surface area contributed by atoms with Gasteiger partial charge in [-0.1, -0.05) is 18.2 Å². The molecule has 1 heterocycles. The molecule has 2 N–H and O–H groups in total. The van der Waals surface area contributed by atoms with Crippen LogP contribution in [-0.4, -0.2) is 40.2 Å². The van der Waals surface area contributed by atoms with Crippen molar-refractivity contribution in [1.29, 1.82) is 0 Å². The van der Waals surface area contributed by atoms with Gasteiger partial charge in [-0.2, -0.15) is 11.8 Å². The Morgan fingerprint density at radius 3 is 2.82 bits per heavy atom. The van der Waals surface area contributed by atoms with Gasteiger partial charge in [-0.3, -0.25) is 9.59 Å². The van der Waals surface area contributed by atoms with E-state index in [9.17, 15) is 14.7 Å². The van der Waals surface area contributed by atoms with Crippen LogP contribution >= 0.6 is 11.8 Å². The molecule has 0 aliphatic rings. The summed E-state index contributed by atoms with van der Waals surface area (Å²) < 4.78 is 1.52. The van der Waals surface area contributed by atoms with Gasteiger partial charge in [0.25, 0.3) is 11.5 Å². The molecule has 2 aromatic rings. The summed E-state index contributed by atoms with van der Waals surface area (Å²) in [6.45, 7) is -0.116. The van der Waals surface area contributed by atoms with Gasteiger partial charge >= 0.3 is 0 Å². The van der Waals surface area contributed by atoms with Gasteiger partial charge < -0.3 is 15.0 Å². The van der Waals surface area contributed by atoms with Crippen LogP contribution in [0.5, 0.6) is 0 Å². The summed E-state index contributed by atoms with van der Waals surface area (Å²) >= 11 is 1.66. The van der Waals surface area contributed by atoms with Crippen LogP contribution in [0.25, 0.3) is 10.9 Å². The lowest BCUT2D eigenvalue weighted by molar-refractivity contribution is 0.0917. The number of carbonyl (C=O) groups excluding carboxylic acids is 1. The smallest absolute Gasteiger partial charge is 0.252 e. The van der Waals surface area contributed by atoms with Crippen molar-refractivity contribution in [3.05, 3.63) is 46.2 Å². The van der Waals surface area contributed by atoms with Gasteiger partial charge in [0.15, 0.2) is 0 Å². The number of amides is 1. The number of thioether (sulfide) groups is 1. The van der Waals surface area contributed by atoms with Crippen LogP contribution in [0.2, 0.25) is 0 Å². The van der Waals surface area contributed by atoms with E-state index in [4.69, 9.17) is 0 Å². The minimum atomic E-state index is -0.325. The van der Waals surface area contributed by atoms with E-state index in [1.807, 2.05) is 30.5 Å². The predicted octanol–water partition coefficient (Wildman–Crippen LogP) is 1.38. The molecule has 1 atom stereocenters. The standard InChI is InChI=1S/C16H20N2O3S/c1-18-14-6-4-3-5-12(14)13(9-15(18)20)16(21)17-11(10-19)7-8-22-2/h3-6,9,11,19H,7-8,10H2,1-2H3,(H,17,21)/t11-/m1/s1. The molecule has 0 fully saturated rings. The molecule has 5 nitrogen and oxygen atoms in total. The molecule has 0 saturated carbocycles. The van der Waals surface area contributed by atoms with E-state index in [-0.39, 0.29) is 24.1 Å². The Labute approximate surface area is 133 Å². The van der Waals surface area contributed by atoms with Gasteiger partial charge in [-0.15, -0.1) is 0 Å². The molecule has 0 saturated heterocycles. The van der Waals surface area contributed by atoms with Gasteiger partial charge in [0.2, 0.25) is 0 Å². The van der Waals surface area contributed by atoms with E-state index >= 15 is 0 Å². The second-order valence-electron chi connectivity index (χ2n) is 5.11. The lowest BCUT2D eigenvalue weighted by Gasteiger charge is -2.17. The Kier molecular flexibility index (Phi) is 5.63. The number of para-hydroxylation sites is 1. The first-order valence-corrected chi connectivity index (χ1v) is 8.47. The van der Waals surface area contributed by atoms with E-state index in [1.165, 1.54) is 10.6 Å². The summed E-state index contributed by atoms with van der Waals surface area (Å²) in [5.74, 6) is 0.525. The number of hydrogen-bond donors (Lipinski definition) is 2. The maximum Gasteiger partial charge on any atom is 0.252 e. The lowest BCUT2D eigenvalue weighted by Crippen LogP contribution is -2.38. The fourth-order valence-corrected chi connectivity index (χ4v) is 2.85. The normalized spacial score (nSPS) is 12.3. The van der Waals surface area contributed by atoms with Gasteiger partial charge in [0.1, 0.15) is 0 Å². The summed E-state index contributed by atoms with van der Waals surface area (Å²) in [7, 11) is 1.68. The van der Waals surface area contributed by atoms with E-state index < -0.39 is 0 Å². The van der Waals surface area contributed by atoms with Gasteiger partial charge in [0, 0.05) is 18.5 Å². The highest BCUT2D eigenvalue weighted by Gasteiger charge is 2.16. The highest BCUT2D eigenvalue weighted by molar-refractivity contribution is 7.98. The summed E-state index contributed by atoms with van der Waals surface area (Å²) in [6.07, 6.45) is 2.66.